The van der Waals surface area contributed by atoms with Crippen molar-refractivity contribution in [3.8, 4) is 0 Å². The predicted molar refractivity (Wildman–Crippen MR) is 83.8 cm³/mol. The SMILES string of the molecule is O.O.O.O=S(=O)([O-])c1cc2ccc3cccnc3c2nc1S(=O)(=O)[O-].[Na+].[Na+]. The minimum Gasteiger partial charge on any atom is -0.744 e. The van der Waals surface area contributed by atoms with Gasteiger partial charge < -0.3 is 25.5 Å². The molecule has 3 aromatic rings. The van der Waals surface area contributed by atoms with Crippen LogP contribution in [0.1, 0.15) is 0 Å². The van der Waals surface area contributed by atoms with E-state index in [2.05, 4.69) is 9.97 Å². The first-order valence-electron chi connectivity index (χ1n) is 5.78. The van der Waals surface area contributed by atoms with Crippen LogP contribution in [0.5, 0.6) is 0 Å². The van der Waals surface area contributed by atoms with E-state index in [0.29, 0.717) is 10.9 Å². The van der Waals surface area contributed by atoms with Gasteiger partial charge in [-0.05, 0) is 12.1 Å². The van der Waals surface area contributed by atoms with Gasteiger partial charge >= 0.3 is 59.1 Å². The van der Waals surface area contributed by atoms with Gasteiger partial charge in [0.2, 0.25) is 0 Å². The van der Waals surface area contributed by atoms with E-state index >= 15 is 0 Å². The van der Waals surface area contributed by atoms with Crippen molar-refractivity contribution in [3.05, 3.63) is 36.5 Å². The summed E-state index contributed by atoms with van der Waals surface area (Å²) in [4.78, 5) is 6.47. The molecule has 15 heteroatoms. The van der Waals surface area contributed by atoms with Crippen LogP contribution in [0.2, 0.25) is 0 Å². The molecule has 0 bridgehead atoms. The first-order chi connectivity index (χ1) is 10.2. The van der Waals surface area contributed by atoms with Crippen molar-refractivity contribution in [2.24, 2.45) is 0 Å². The van der Waals surface area contributed by atoms with Crippen LogP contribution in [-0.4, -0.2) is 52.3 Å². The topological polar surface area (TPSA) is 235 Å². The first-order valence-corrected chi connectivity index (χ1v) is 8.60. The van der Waals surface area contributed by atoms with E-state index in [4.69, 9.17) is 0 Å². The molecule has 0 atom stereocenters. The Morgan fingerprint density at radius 3 is 1.85 bits per heavy atom. The number of nitrogens with zero attached hydrogens (tertiary/aromatic N) is 2. The van der Waals surface area contributed by atoms with Crippen LogP contribution in [0.4, 0.5) is 0 Å². The second kappa shape index (κ2) is 11.1. The Kier molecular flexibility index (Phi) is 12.9. The molecule has 0 radical (unpaired) electrons. The summed E-state index contributed by atoms with van der Waals surface area (Å²) < 4.78 is 67.3. The summed E-state index contributed by atoms with van der Waals surface area (Å²) in [6, 6.07) is 7.23. The molecule has 138 valence electrons. The van der Waals surface area contributed by atoms with E-state index in [1.807, 2.05) is 0 Å². The van der Waals surface area contributed by atoms with Crippen LogP contribution < -0.4 is 59.1 Å². The monoisotopic (exact) mass is 438 g/mol. The Hall–Kier alpha value is -0.260. The van der Waals surface area contributed by atoms with E-state index in [1.165, 1.54) is 12.3 Å². The van der Waals surface area contributed by atoms with Gasteiger partial charge in [-0.2, -0.15) is 0 Å². The average Bonchev–Trinajstić information content (AvgIpc) is 2.44. The number of fused-ring (bicyclic) bond motifs is 3. The van der Waals surface area contributed by atoms with Crippen LogP contribution in [-0.2, 0) is 20.2 Å². The Labute approximate surface area is 198 Å². The maximum absolute atomic E-state index is 11.2. The van der Waals surface area contributed by atoms with Gasteiger partial charge in [-0.3, -0.25) is 4.98 Å². The van der Waals surface area contributed by atoms with Gasteiger partial charge in [0.25, 0.3) is 0 Å². The molecule has 2 aromatic heterocycles. The second-order valence-electron chi connectivity index (χ2n) is 4.41. The van der Waals surface area contributed by atoms with Gasteiger partial charge in [0.1, 0.15) is 20.2 Å². The summed E-state index contributed by atoms with van der Waals surface area (Å²) >= 11 is 0. The van der Waals surface area contributed by atoms with Gasteiger partial charge in [-0.1, -0.05) is 18.2 Å². The van der Waals surface area contributed by atoms with Crippen molar-refractivity contribution >= 4 is 42.0 Å². The first kappa shape index (κ1) is 31.4. The molecule has 0 aliphatic carbocycles. The molecule has 0 amide bonds. The zero-order valence-electron chi connectivity index (χ0n) is 14.1. The average molecular weight is 438 g/mol. The zero-order valence-corrected chi connectivity index (χ0v) is 19.8. The largest absolute Gasteiger partial charge is 1.00 e. The van der Waals surface area contributed by atoms with E-state index in [-0.39, 0.29) is 86.4 Å². The summed E-state index contributed by atoms with van der Waals surface area (Å²) in [5, 5.41) is -0.504. The molecule has 1 aromatic carbocycles. The van der Waals surface area contributed by atoms with Crippen LogP contribution in [0.3, 0.4) is 0 Å². The van der Waals surface area contributed by atoms with E-state index in [9.17, 15) is 25.9 Å². The number of benzene rings is 1. The van der Waals surface area contributed by atoms with E-state index in [1.54, 1.807) is 18.2 Å². The molecule has 0 fully saturated rings. The van der Waals surface area contributed by atoms with Gasteiger partial charge in [0.05, 0.1) is 15.9 Å². The van der Waals surface area contributed by atoms with Crippen molar-refractivity contribution in [2.45, 2.75) is 9.92 Å². The summed E-state index contributed by atoms with van der Waals surface area (Å²) in [5.41, 5.74) is 0.319. The fourth-order valence-electron chi connectivity index (χ4n) is 2.10. The van der Waals surface area contributed by atoms with E-state index < -0.39 is 30.2 Å². The molecule has 0 unspecified atom stereocenters. The standard InChI is InChI=1S/C12H8N2O6S2.2Na.3H2O/c15-21(16,17)9-6-8-4-3-7-2-1-5-13-10(7)11(8)14-12(9)22(18,19)20;;;;;/h1-6H,(H,15,16,17)(H,18,19,20);;;3*1H2/q;2*+1;;;/p-2. The fourth-order valence-corrected chi connectivity index (χ4v) is 3.75. The molecule has 6 N–H and O–H groups in total. The Morgan fingerprint density at radius 1 is 0.778 bits per heavy atom. The van der Waals surface area contributed by atoms with Crippen molar-refractivity contribution < 1.29 is 101 Å². The molecule has 0 aliphatic rings. The van der Waals surface area contributed by atoms with Crippen LogP contribution in [0.15, 0.2) is 46.5 Å². The normalized spacial score (nSPS) is 10.4. The van der Waals surface area contributed by atoms with Crippen LogP contribution in [0, 0.1) is 0 Å². The maximum Gasteiger partial charge on any atom is 1.00 e. The van der Waals surface area contributed by atoms with Crippen molar-refractivity contribution in [2.75, 3.05) is 0 Å². The maximum atomic E-state index is 11.2. The van der Waals surface area contributed by atoms with Gasteiger partial charge in [-0.25, -0.2) is 21.8 Å². The second-order valence-corrected chi connectivity index (χ2v) is 7.06. The predicted octanol–water partition coefficient (Wildman–Crippen LogP) is -7.87. The molecule has 11 nitrogen and oxygen atoms in total. The summed E-state index contributed by atoms with van der Waals surface area (Å²) in [5.74, 6) is 0. The van der Waals surface area contributed by atoms with Gasteiger partial charge in [0.15, 0.2) is 5.03 Å². The fraction of sp³-hybridized carbons (Fsp3) is 0. The summed E-state index contributed by atoms with van der Waals surface area (Å²) in [7, 11) is -10.4. The molecule has 0 aliphatic heterocycles. The molecule has 2 heterocycles. The van der Waals surface area contributed by atoms with Crippen LogP contribution >= 0.6 is 0 Å². The molecule has 0 saturated heterocycles. The molecule has 0 saturated carbocycles. The third-order valence-corrected chi connectivity index (χ3v) is 4.76. The Balaban J connectivity index is -0.00000115. The number of pyridine rings is 2. The number of aromatic nitrogens is 2. The zero-order chi connectivity index (χ0) is 16.1. The van der Waals surface area contributed by atoms with Crippen molar-refractivity contribution in [1.82, 2.24) is 9.97 Å². The quantitative estimate of drug-likeness (QED) is 0.211. The Bertz CT molecular complexity index is 1140. The minimum atomic E-state index is -5.24. The molecule has 27 heavy (non-hydrogen) atoms. The van der Waals surface area contributed by atoms with Gasteiger partial charge in [0, 0.05) is 17.0 Å². The van der Waals surface area contributed by atoms with Crippen molar-refractivity contribution in [1.29, 1.82) is 0 Å². The third-order valence-electron chi connectivity index (χ3n) is 3.00. The number of hydrogen-bond acceptors (Lipinski definition) is 8. The molecular formula is C12H12N2Na2O9S2. The smallest absolute Gasteiger partial charge is 0.744 e. The number of hydrogen-bond donors (Lipinski definition) is 0. The Morgan fingerprint density at radius 2 is 1.33 bits per heavy atom. The third kappa shape index (κ3) is 6.37. The van der Waals surface area contributed by atoms with E-state index in [0.717, 1.165) is 6.07 Å². The summed E-state index contributed by atoms with van der Waals surface area (Å²) in [6.07, 6.45) is 1.44. The van der Waals surface area contributed by atoms with Gasteiger partial charge in [-0.15, -0.1) is 0 Å². The molecule has 0 spiro atoms. The molecule has 3 rings (SSSR count). The minimum absolute atomic E-state index is 0. The van der Waals surface area contributed by atoms with Crippen LogP contribution in [0.25, 0.3) is 21.8 Å². The molecular weight excluding hydrogens is 426 g/mol. The van der Waals surface area contributed by atoms with Crippen molar-refractivity contribution in [3.63, 3.8) is 0 Å². The number of rotatable bonds is 2. The summed E-state index contributed by atoms with van der Waals surface area (Å²) in [6.45, 7) is 0.